The van der Waals surface area contributed by atoms with E-state index in [0.717, 1.165) is 12.1 Å². The average Bonchev–Trinajstić information content (AvgIpc) is 2.46. The van der Waals surface area contributed by atoms with Gasteiger partial charge in [-0.1, -0.05) is 12.1 Å². The second kappa shape index (κ2) is 6.21. The number of rotatable bonds is 5. The molecule has 0 heterocycles. The van der Waals surface area contributed by atoms with E-state index < -0.39 is 17.4 Å². The molecule has 2 aromatic rings. The van der Waals surface area contributed by atoms with Gasteiger partial charge < -0.3 is 15.2 Å². The molecule has 0 bridgehead atoms. The molecular weight excluding hydrogens is 278 g/mol. The Balaban J connectivity index is 2.21. The molecule has 0 atom stereocenters. The number of para-hydroxylation sites is 1. The Morgan fingerprint density at radius 1 is 1.19 bits per heavy atom. The summed E-state index contributed by atoms with van der Waals surface area (Å²) in [5.74, 6) is -1.68. The van der Waals surface area contributed by atoms with Crippen molar-refractivity contribution in [3.8, 4) is 11.5 Å². The van der Waals surface area contributed by atoms with Crippen molar-refractivity contribution in [1.29, 1.82) is 5.41 Å². The number of nitrogens with one attached hydrogen (secondary N) is 1. The van der Waals surface area contributed by atoms with E-state index in [1.165, 1.54) is 13.2 Å². The third kappa shape index (κ3) is 3.28. The normalized spacial score (nSPS) is 10.2. The molecule has 0 radical (unpaired) electrons. The summed E-state index contributed by atoms with van der Waals surface area (Å²) in [6, 6.07) is 8.37. The summed E-state index contributed by atoms with van der Waals surface area (Å²) in [6.45, 7) is -0.0534. The Bertz CT molecular complexity index is 654. The molecule has 6 heteroatoms. The van der Waals surface area contributed by atoms with Crippen molar-refractivity contribution in [3.05, 3.63) is 59.2 Å². The molecule has 0 unspecified atom stereocenters. The zero-order chi connectivity index (χ0) is 15.4. The molecule has 110 valence electrons. The molecule has 0 saturated heterocycles. The molecule has 2 rings (SSSR count). The summed E-state index contributed by atoms with van der Waals surface area (Å²) in [4.78, 5) is 0. The standard InChI is InChI=1S/C15H14F2N2O2/c1-20-13-6-5-9(7-10(13)15(18)19)8-21-14-11(16)3-2-4-12(14)17/h2-7H,8H2,1H3,(H3,18,19). The second-order valence-electron chi connectivity index (χ2n) is 4.29. The Morgan fingerprint density at radius 2 is 1.86 bits per heavy atom. The number of hydrogen-bond acceptors (Lipinski definition) is 3. The van der Waals surface area contributed by atoms with Gasteiger partial charge in [-0.15, -0.1) is 0 Å². The van der Waals surface area contributed by atoms with Crippen molar-refractivity contribution in [1.82, 2.24) is 0 Å². The maximum Gasteiger partial charge on any atom is 0.191 e. The van der Waals surface area contributed by atoms with Crippen LogP contribution in [0.25, 0.3) is 0 Å². The van der Waals surface area contributed by atoms with Crippen molar-refractivity contribution >= 4 is 5.84 Å². The first-order chi connectivity index (χ1) is 10.0. The third-order valence-electron chi connectivity index (χ3n) is 2.86. The van der Waals surface area contributed by atoms with E-state index in [4.69, 9.17) is 20.6 Å². The first kappa shape index (κ1) is 14.8. The SMILES string of the molecule is COc1ccc(COc2c(F)cccc2F)cc1C(=N)N. The maximum absolute atomic E-state index is 13.4. The van der Waals surface area contributed by atoms with E-state index in [-0.39, 0.29) is 12.4 Å². The van der Waals surface area contributed by atoms with Crippen molar-refractivity contribution in [2.75, 3.05) is 7.11 Å². The van der Waals surface area contributed by atoms with Crippen LogP contribution in [0.5, 0.6) is 11.5 Å². The van der Waals surface area contributed by atoms with Crippen LogP contribution in [0.4, 0.5) is 8.78 Å². The summed E-state index contributed by atoms with van der Waals surface area (Å²) in [7, 11) is 1.46. The fourth-order valence-corrected chi connectivity index (χ4v) is 1.83. The van der Waals surface area contributed by atoms with Gasteiger partial charge in [0.1, 0.15) is 18.2 Å². The Kier molecular flexibility index (Phi) is 4.37. The lowest BCUT2D eigenvalue weighted by Gasteiger charge is -2.11. The zero-order valence-corrected chi connectivity index (χ0v) is 11.3. The molecule has 0 aromatic heterocycles. The van der Waals surface area contributed by atoms with E-state index in [9.17, 15) is 8.78 Å². The minimum atomic E-state index is -0.768. The summed E-state index contributed by atoms with van der Waals surface area (Å²) < 4.78 is 37.1. The smallest absolute Gasteiger partial charge is 0.191 e. The minimum absolute atomic E-state index is 0.0534. The predicted octanol–water partition coefficient (Wildman–Crippen LogP) is 2.84. The molecule has 3 N–H and O–H groups in total. The highest BCUT2D eigenvalue weighted by molar-refractivity contribution is 5.97. The molecule has 21 heavy (non-hydrogen) atoms. The number of benzene rings is 2. The highest BCUT2D eigenvalue weighted by Crippen LogP contribution is 2.24. The van der Waals surface area contributed by atoms with Gasteiger partial charge in [-0.3, -0.25) is 5.41 Å². The van der Waals surface area contributed by atoms with E-state index in [0.29, 0.717) is 16.9 Å². The van der Waals surface area contributed by atoms with Crippen LogP contribution in [0.15, 0.2) is 36.4 Å². The first-order valence-electron chi connectivity index (χ1n) is 6.11. The number of methoxy groups -OCH3 is 1. The van der Waals surface area contributed by atoms with Crippen LogP contribution < -0.4 is 15.2 Å². The molecule has 0 aliphatic heterocycles. The number of hydrogen-bond donors (Lipinski definition) is 2. The zero-order valence-electron chi connectivity index (χ0n) is 11.3. The molecule has 0 aliphatic rings. The predicted molar refractivity (Wildman–Crippen MR) is 74.7 cm³/mol. The number of nitrogens with two attached hydrogens (primary N) is 1. The van der Waals surface area contributed by atoms with Gasteiger partial charge in [0, 0.05) is 0 Å². The summed E-state index contributed by atoms with van der Waals surface area (Å²) in [5.41, 5.74) is 6.47. The van der Waals surface area contributed by atoms with Crippen molar-refractivity contribution in [2.24, 2.45) is 5.73 Å². The van der Waals surface area contributed by atoms with Crippen LogP contribution in [0.1, 0.15) is 11.1 Å². The van der Waals surface area contributed by atoms with E-state index in [1.54, 1.807) is 18.2 Å². The molecular formula is C15H14F2N2O2. The lowest BCUT2D eigenvalue weighted by atomic mass is 10.1. The summed E-state index contributed by atoms with van der Waals surface area (Å²) >= 11 is 0. The Hall–Kier alpha value is -2.63. The van der Waals surface area contributed by atoms with Crippen LogP contribution >= 0.6 is 0 Å². The molecule has 0 amide bonds. The fraction of sp³-hybridized carbons (Fsp3) is 0.133. The van der Waals surface area contributed by atoms with Crippen LogP contribution in [0.3, 0.4) is 0 Å². The van der Waals surface area contributed by atoms with Gasteiger partial charge in [-0.2, -0.15) is 0 Å². The fourth-order valence-electron chi connectivity index (χ4n) is 1.83. The van der Waals surface area contributed by atoms with E-state index in [1.807, 2.05) is 0 Å². The van der Waals surface area contributed by atoms with Gasteiger partial charge in [-0.05, 0) is 29.8 Å². The largest absolute Gasteiger partial charge is 0.496 e. The van der Waals surface area contributed by atoms with Crippen molar-refractivity contribution in [2.45, 2.75) is 6.61 Å². The lowest BCUT2D eigenvalue weighted by Crippen LogP contribution is -2.13. The van der Waals surface area contributed by atoms with Crippen molar-refractivity contribution < 1.29 is 18.3 Å². The van der Waals surface area contributed by atoms with Gasteiger partial charge in [0.2, 0.25) is 0 Å². The van der Waals surface area contributed by atoms with Gasteiger partial charge in [0.15, 0.2) is 17.4 Å². The topological polar surface area (TPSA) is 68.3 Å². The average molecular weight is 292 g/mol. The van der Waals surface area contributed by atoms with Gasteiger partial charge >= 0.3 is 0 Å². The van der Waals surface area contributed by atoms with Gasteiger partial charge in [0.25, 0.3) is 0 Å². The lowest BCUT2D eigenvalue weighted by molar-refractivity contribution is 0.274. The first-order valence-corrected chi connectivity index (χ1v) is 6.11. The van der Waals surface area contributed by atoms with Crippen LogP contribution in [-0.2, 0) is 6.61 Å². The van der Waals surface area contributed by atoms with Crippen LogP contribution in [0, 0.1) is 17.0 Å². The summed E-state index contributed by atoms with van der Waals surface area (Å²) in [6.07, 6.45) is 0. The highest BCUT2D eigenvalue weighted by atomic mass is 19.1. The molecule has 0 spiro atoms. The molecule has 2 aromatic carbocycles. The number of nitrogen functional groups attached to an aromatic ring is 1. The van der Waals surface area contributed by atoms with Crippen LogP contribution in [-0.4, -0.2) is 12.9 Å². The van der Waals surface area contributed by atoms with Crippen molar-refractivity contribution in [3.63, 3.8) is 0 Å². The van der Waals surface area contributed by atoms with Gasteiger partial charge in [0.05, 0.1) is 12.7 Å². The highest BCUT2D eigenvalue weighted by Gasteiger charge is 2.11. The number of halogens is 2. The van der Waals surface area contributed by atoms with Crippen LogP contribution in [0.2, 0.25) is 0 Å². The van der Waals surface area contributed by atoms with E-state index in [2.05, 4.69) is 0 Å². The number of amidine groups is 1. The monoisotopic (exact) mass is 292 g/mol. The third-order valence-corrected chi connectivity index (χ3v) is 2.86. The summed E-state index contributed by atoms with van der Waals surface area (Å²) in [5, 5.41) is 7.48. The van der Waals surface area contributed by atoms with E-state index >= 15 is 0 Å². The molecule has 0 saturated carbocycles. The Morgan fingerprint density at radius 3 is 2.43 bits per heavy atom. The molecule has 0 aliphatic carbocycles. The molecule has 0 fully saturated rings. The number of ether oxygens (including phenoxy) is 2. The van der Waals surface area contributed by atoms with Gasteiger partial charge in [-0.25, -0.2) is 8.78 Å². The maximum atomic E-state index is 13.4. The quantitative estimate of drug-likeness (QED) is 0.657. The minimum Gasteiger partial charge on any atom is -0.496 e. The molecule has 4 nitrogen and oxygen atoms in total. The Labute approximate surface area is 120 Å². The second-order valence-corrected chi connectivity index (χ2v) is 4.29.